The number of sulfonamides is 1. The molecule has 1 aliphatic heterocycles. The molecule has 1 N–H and O–H groups in total. The third-order valence-corrected chi connectivity index (χ3v) is 6.27. The number of carbonyl (C=O) groups is 1. The maximum absolute atomic E-state index is 12.4. The van der Waals surface area contributed by atoms with Crippen LogP contribution >= 0.6 is 23.2 Å². The number of hydrazone groups is 1. The van der Waals surface area contributed by atoms with E-state index in [4.69, 9.17) is 23.2 Å². The van der Waals surface area contributed by atoms with Gasteiger partial charge in [-0.05, 0) is 31.4 Å². The second-order valence-electron chi connectivity index (χ2n) is 5.58. The Kier molecular flexibility index (Phi) is 4.53. The van der Waals surface area contributed by atoms with E-state index >= 15 is 0 Å². The zero-order chi connectivity index (χ0) is 16.6. The lowest BCUT2D eigenvalue weighted by Crippen LogP contribution is -2.40. The van der Waals surface area contributed by atoms with Crippen molar-refractivity contribution >= 4 is 45.0 Å². The largest absolute Gasteiger partial charge is 0.351 e. The molecular formula is C14H15Cl2N3O3S. The van der Waals surface area contributed by atoms with Crippen molar-refractivity contribution in [2.45, 2.75) is 30.6 Å². The predicted molar refractivity (Wildman–Crippen MR) is 88.3 cm³/mol. The molecule has 0 aromatic heterocycles. The maximum Gasteiger partial charge on any atom is 0.351 e. The Hall–Kier alpha value is -1.31. The number of nitrogens with zero attached hydrogens (tertiary/aromatic N) is 2. The minimum absolute atomic E-state index is 0.0424. The fraction of sp³-hybridized carbons (Fsp3) is 0.429. The maximum atomic E-state index is 12.4. The van der Waals surface area contributed by atoms with Crippen molar-refractivity contribution in [2.24, 2.45) is 11.0 Å². The molecule has 1 fully saturated rings. The summed E-state index contributed by atoms with van der Waals surface area (Å²) in [7, 11) is -4.17. The molecule has 9 heteroatoms. The summed E-state index contributed by atoms with van der Waals surface area (Å²) in [5, 5.41) is 5.33. The summed E-state index contributed by atoms with van der Waals surface area (Å²) in [6.07, 6.45) is 3.99. The van der Waals surface area contributed by atoms with Gasteiger partial charge < -0.3 is 0 Å². The van der Waals surface area contributed by atoms with E-state index in [1.807, 2.05) is 4.72 Å². The quantitative estimate of drug-likeness (QED) is 0.861. The molecule has 1 aliphatic carbocycles. The first-order valence-corrected chi connectivity index (χ1v) is 9.48. The summed E-state index contributed by atoms with van der Waals surface area (Å²) in [6.45, 7) is 0.410. The summed E-state index contributed by atoms with van der Waals surface area (Å²) >= 11 is 11.8. The molecule has 1 unspecified atom stereocenters. The van der Waals surface area contributed by atoms with Crippen LogP contribution in [0.3, 0.4) is 0 Å². The minimum atomic E-state index is -4.17. The van der Waals surface area contributed by atoms with E-state index in [1.165, 1.54) is 23.2 Å². The van der Waals surface area contributed by atoms with Gasteiger partial charge in [0.2, 0.25) is 0 Å². The number of halogens is 2. The number of nitrogens with one attached hydrogen (secondary N) is 1. The van der Waals surface area contributed by atoms with Crippen LogP contribution < -0.4 is 4.72 Å². The van der Waals surface area contributed by atoms with E-state index in [-0.39, 0.29) is 20.9 Å². The van der Waals surface area contributed by atoms with Gasteiger partial charge in [-0.2, -0.15) is 5.10 Å². The average Bonchev–Trinajstić information content (AvgIpc) is 2.90. The molecule has 6 nitrogen and oxygen atoms in total. The van der Waals surface area contributed by atoms with Gasteiger partial charge in [0.15, 0.2) is 0 Å². The fourth-order valence-electron chi connectivity index (χ4n) is 2.89. The Bertz CT molecular complexity index is 759. The van der Waals surface area contributed by atoms with Gasteiger partial charge in [-0.3, -0.25) is 0 Å². The fourth-order valence-corrected chi connectivity index (χ4v) is 4.98. The first kappa shape index (κ1) is 16.5. The number of hydrogen-bond donors (Lipinski definition) is 1. The van der Waals surface area contributed by atoms with Crippen molar-refractivity contribution in [2.75, 3.05) is 6.54 Å². The molecule has 1 heterocycles. The highest BCUT2D eigenvalue weighted by molar-refractivity contribution is 7.90. The van der Waals surface area contributed by atoms with Gasteiger partial charge in [-0.25, -0.2) is 22.9 Å². The van der Waals surface area contributed by atoms with Crippen LogP contribution in [0.15, 0.2) is 28.2 Å². The Morgan fingerprint density at radius 2 is 1.96 bits per heavy atom. The van der Waals surface area contributed by atoms with Crippen molar-refractivity contribution in [3.05, 3.63) is 28.2 Å². The van der Waals surface area contributed by atoms with Crippen LogP contribution in [-0.4, -0.2) is 31.7 Å². The number of fused-ring (bicyclic) bond motifs is 1. The highest BCUT2D eigenvalue weighted by Gasteiger charge is 2.34. The zero-order valence-electron chi connectivity index (χ0n) is 12.1. The monoisotopic (exact) mass is 375 g/mol. The van der Waals surface area contributed by atoms with Crippen LogP contribution in [0.4, 0.5) is 4.79 Å². The second kappa shape index (κ2) is 6.30. The number of hydrogen-bond acceptors (Lipinski definition) is 4. The summed E-state index contributed by atoms with van der Waals surface area (Å²) in [5.41, 5.74) is 0.972. The number of amides is 2. The van der Waals surface area contributed by atoms with E-state index in [0.717, 1.165) is 31.4 Å². The van der Waals surface area contributed by atoms with E-state index in [1.54, 1.807) is 0 Å². The molecule has 3 rings (SSSR count). The third kappa shape index (κ3) is 3.32. The van der Waals surface area contributed by atoms with E-state index in [0.29, 0.717) is 6.54 Å². The summed E-state index contributed by atoms with van der Waals surface area (Å²) in [6, 6.07) is 3.54. The molecule has 1 aromatic carbocycles. The molecule has 124 valence electrons. The van der Waals surface area contributed by atoms with E-state index in [9.17, 15) is 13.2 Å². The van der Waals surface area contributed by atoms with Gasteiger partial charge in [0.05, 0.1) is 16.6 Å². The Balaban J connectivity index is 1.79. The molecule has 0 spiro atoms. The lowest BCUT2D eigenvalue weighted by atomic mass is 9.88. The van der Waals surface area contributed by atoms with Gasteiger partial charge in [0.25, 0.3) is 10.0 Å². The van der Waals surface area contributed by atoms with Gasteiger partial charge in [-0.15, -0.1) is 0 Å². The molecule has 0 radical (unpaired) electrons. The molecule has 2 amide bonds. The topological polar surface area (TPSA) is 78.8 Å². The lowest BCUT2D eigenvalue weighted by molar-refractivity contribution is 0.207. The van der Waals surface area contributed by atoms with Crippen molar-refractivity contribution < 1.29 is 13.2 Å². The molecule has 0 saturated heterocycles. The smallest absolute Gasteiger partial charge is 0.246 e. The van der Waals surface area contributed by atoms with Gasteiger partial charge in [0.1, 0.15) is 4.90 Å². The van der Waals surface area contributed by atoms with Crippen molar-refractivity contribution in [3.63, 3.8) is 0 Å². The number of urea groups is 1. The van der Waals surface area contributed by atoms with Crippen LogP contribution in [0.5, 0.6) is 0 Å². The SMILES string of the molecule is O=C(NS(=O)(=O)c1c(Cl)cccc1Cl)N1CC2CCCCC2=N1. The van der Waals surface area contributed by atoms with E-state index in [2.05, 4.69) is 5.10 Å². The molecule has 1 atom stereocenters. The Morgan fingerprint density at radius 3 is 2.61 bits per heavy atom. The second-order valence-corrected chi connectivity index (χ2v) is 8.01. The summed E-state index contributed by atoms with van der Waals surface area (Å²) in [4.78, 5) is 11.9. The van der Waals surface area contributed by atoms with E-state index < -0.39 is 16.1 Å². The third-order valence-electron chi connectivity index (χ3n) is 3.99. The van der Waals surface area contributed by atoms with Gasteiger partial charge in [0, 0.05) is 11.6 Å². The lowest BCUT2D eigenvalue weighted by Gasteiger charge is -2.18. The van der Waals surface area contributed by atoms with Crippen LogP contribution in [0.1, 0.15) is 25.7 Å². The summed E-state index contributed by atoms with van der Waals surface area (Å²) in [5.74, 6) is 0.237. The Morgan fingerprint density at radius 1 is 1.26 bits per heavy atom. The molecule has 1 saturated carbocycles. The number of rotatable bonds is 2. The normalized spacial score (nSPS) is 20.9. The zero-order valence-corrected chi connectivity index (χ0v) is 14.5. The molecule has 23 heavy (non-hydrogen) atoms. The average molecular weight is 376 g/mol. The first-order valence-electron chi connectivity index (χ1n) is 7.24. The predicted octanol–water partition coefficient (Wildman–Crippen LogP) is 3.25. The highest BCUT2D eigenvalue weighted by atomic mass is 35.5. The Labute approximate surface area is 144 Å². The molecule has 1 aromatic rings. The van der Waals surface area contributed by atoms with Crippen LogP contribution in [0.2, 0.25) is 10.0 Å². The molecule has 0 bridgehead atoms. The molecular weight excluding hydrogens is 361 g/mol. The number of benzene rings is 1. The van der Waals surface area contributed by atoms with Crippen molar-refractivity contribution in [1.29, 1.82) is 0 Å². The highest BCUT2D eigenvalue weighted by Crippen LogP contribution is 2.30. The van der Waals surface area contributed by atoms with Gasteiger partial charge >= 0.3 is 6.03 Å². The van der Waals surface area contributed by atoms with Crippen LogP contribution in [-0.2, 0) is 10.0 Å². The van der Waals surface area contributed by atoms with Crippen molar-refractivity contribution in [3.8, 4) is 0 Å². The standard InChI is InChI=1S/C14H15Cl2N3O3S/c15-10-5-3-6-11(16)13(10)23(21,22)18-14(20)19-8-9-4-1-2-7-12(9)17-19/h3,5-6,9H,1-2,4,7-8H2,(H,18,20). The van der Waals surface area contributed by atoms with Gasteiger partial charge in [-0.1, -0.05) is 35.7 Å². The number of carbonyl (C=O) groups excluding carboxylic acids is 1. The van der Waals surface area contributed by atoms with Crippen LogP contribution in [0.25, 0.3) is 0 Å². The minimum Gasteiger partial charge on any atom is -0.246 e. The molecule has 2 aliphatic rings. The first-order chi connectivity index (χ1) is 10.9. The van der Waals surface area contributed by atoms with Crippen molar-refractivity contribution in [1.82, 2.24) is 9.73 Å². The summed E-state index contributed by atoms with van der Waals surface area (Å²) < 4.78 is 26.7. The van der Waals surface area contributed by atoms with Crippen LogP contribution in [0, 0.1) is 5.92 Å².